The van der Waals surface area contributed by atoms with E-state index in [1.54, 1.807) is 12.1 Å². The maximum absolute atomic E-state index is 12.1. The van der Waals surface area contributed by atoms with Crippen LogP contribution in [0.3, 0.4) is 0 Å². The molecule has 1 heterocycles. The molecule has 0 saturated carbocycles. The Labute approximate surface area is 121 Å². The summed E-state index contributed by atoms with van der Waals surface area (Å²) >= 11 is 0. The van der Waals surface area contributed by atoms with Gasteiger partial charge in [0.2, 0.25) is 0 Å². The molecule has 0 radical (unpaired) electrons. The molecule has 1 unspecified atom stereocenters. The molecule has 0 bridgehead atoms. The number of rotatable bonds is 4. The number of nitrogens with two attached hydrogens (primary N) is 1. The number of nitrogens with one attached hydrogen (secondary N) is 1. The van der Waals surface area contributed by atoms with E-state index in [4.69, 9.17) is 5.73 Å². The molecule has 0 aliphatic carbocycles. The number of carbonyl (C=O) groups is 1. The smallest absolute Gasteiger partial charge is 0.251 e. The zero-order chi connectivity index (χ0) is 14.7. The van der Waals surface area contributed by atoms with Crippen LogP contribution < -0.4 is 11.1 Å². The highest BCUT2D eigenvalue weighted by Crippen LogP contribution is 2.18. The van der Waals surface area contributed by atoms with Crippen LogP contribution in [-0.2, 0) is 0 Å². The van der Waals surface area contributed by atoms with E-state index in [9.17, 15) is 4.79 Å². The number of nitrogen functional groups attached to an aromatic ring is 1. The van der Waals surface area contributed by atoms with Crippen molar-refractivity contribution in [2.45, 2.75) is 33.2 Å². The van der Waals surface area contributed by atoms with Gasteiger partial charge in [-0.05, 0) is 63.4 Å². The van der Waals surface area contributed by atoms with E-state index in [2.05, 4.69) is 24.1 Å². The normalized spacial score (nSPS) is 19.5. The van der Waals surface area contributed by atoms with Crippen molar-refractivity contribution < 1.29 is 4.79 Å². The second-order valence-electron chi connectivity index (χ2n) is 6.02. The first-order chi connectivity index (χ1) is 9.47. The van der Waals surface area contributed by atoms with Gasteiger partial charge in [0.25, 0.3) is 5.91 Å². The number of benzene rings is 1. The van der Waals surface area contributed by atoms with Crippen LogP contribution >= 0.6 is 0 Å². The lowest BCUT2D eigenvalue weighted by Gasteiger charge is -2.20. The van der Waals surface area contributed by atoms with Crippen LogP contribution in [0.2, 0.25) is 0 Å². The fourth-order valence-corrected chi connectivity index (χ4v) is 2.65. The first-order valence-corrected chi connectivity index (χ1v) is 7.35. The van der Waals surface area contributed by atoms with Crippen molar-refractivity contribution in [2.24, 2.45) is 5.92 Å². The Balaban J connectivity index is 1.85. The molecule has 2 rings (SSSR count). The molecule has 110 valence electrons. The van der Waals surface area contributed by atoms with Gasteiger partial charge in [-0.25, -0.2) is 0 Å². The number of aryl methyl sites for hydroxylation is 1. The van der Waals surface area contributed by atoms with Crippen LogP contribution in [0, 0.1) is 12.8 Å². The molecule has 1 fully saturated rings. The highest BCUT2D eigenvalue weighted by atomic mass is 16.1. The zero-order valence-electron chi connectivity index (χ0n) is 12.6. The van der Waals surface area contributed by atoms with Gasteiger partial charge in [-0.15, -0.1) is 0 Å². The maximum atomic E-state index is 12.1. The number of hydrogen-bond acceptors (Lipinski definition) is 3. The van der Waals surface area contributed by atoms with Gasteiger partial charge >= 0.3 is 0 Å². The molecule has 0 aromatic heterocycles. The summed E-state index contributed by atoms with van der Waals surface area (Å²) in [4.78, 5) is 14.6. The summed E-state index contributed by atoms with van der Waals surface area (Å²) in [6.07, 6.45) is 1.17. The number of anilines is 1. The number of carbonyl (C=O) groups excluding carboxylic acids is 1. The van der Waals surface area contributed by atoms with Crippen LogP contribution in [0.4, 0.5) is 5.69 Å². The first-order valence-electron chi connectivity index (χ1n) is 7.35. The summed E-state index contributed by atoms with van der Waals surface area (Å²) in [6, 6.07) is 6.02. The van der Waals surface area contributed by atoms with Crippen LogP contribution in [0.1, 0.15) is 36.2 Å². The molecule has 1 aromatic rings. The van der Waals surface area contributed by atoms with Gasteiger partial charge in [0.1, 0.15) is 0 Å². The topological polar surface area (TPSA) is 58.4 Å². The third-order valence-corrected chi connectivity index (χ3v) is 4.13. The minimum absolute atomic E-state index is 0.00361. The molecular formula is C16H25N3O. The quantitative estimate of drug-likeness (QED) is 0.827. The Morgan fingerprint density at radius 1 is 1.50 bits per heavy atom. The largest absolute Gasteiger partial charge is 0.399 e. The molecule has 4 heteroatoms. The Kier molecular flexibility index (Phi) is 4.65. The average molecular weight is 275 g/mol. The lowest BCUT2D eigenvalue weighted by atomic mass is 10.1. The van der Waals surface area contributed by atoms with Gasteiger partial charge in [0, 0.05) is 30.4 Å². The third kappa shape index (κ3) is 3.51. The van der Waals surface area contributed by atoms with Crippen LogP contribution in [-0.4, -0.2) is 36.5 Å². The second-order valence-corrected chi connectivity index (χ2v) is 6.02. The summed E-state index contributed by atoms with van der Waals surface area (Å²) < 4.78 is 0. The summed E-state index contributed by atoms with van der Waals surface area (Å²) in [5.41, 5.74) is 8.13. The van der Waals surface area contributed by atoms with Crippen molar-refractivity contribution in [1.29, 1.82) is 0 Å². The minimum atomic E-state index is -0.00361. The van der Waals surface area contributed by atoms with E-state index in [1.807, 2.05) is 13.0 Å². The van der Waals surface area contributed by atoms with Gasteiger partial charge in [-0.1, -0.05) is 0 Å². The summed E-state index contributed by atoms with van der Waals surface area (Å²) in [7, 11) is 0. The maximum Gasteiger partial charge on any atom is 0.251 e. The number of nitrogens with zero attached hydrogens (tertiary/aromatic N) is 1. The second kappa shape index (κ2) is 6.27. The molecule has 1 aliphatic heterocycles. The van der Waals surface area contributed by atoms with Crippen LogP contribution in [0.5, 0.6) is 0 Å². The molecule has 1 amide bonds. The first kappa shape index (κ1) is 14.9. The van der Waals surface area contributed by atoms with Gasteiger partial charge in [0.05, 0.1) is 0 Å². The fourth-order valence-electron chi connectivity index (χ4n) is 2.65. The van der Waals surface area contributed by atoms with E-state index >= 15 is 0 Å². The van der Waals surface area contributed by atoms with E-state index in [0.29, 0.717) is 17.5 Å². The van der Waals surface area contributed by atoms with Gasteiger partial charge in [0.15, 0.2) is 0 Å². The predicted molar refractivity (Wildman–Crippen MR) is 82.7 cm³/mol. The molecular weight excluding hydrogens is 250 g/mol. The summed E-state index contributed by atoms with van der Waals surface area (Å²) in [5, 5.41) is 3.04. The van der Waals surface area contributed by atoms with Crippen molar-refractivity contribution in [2.75, 3.05) is 25.4 Å². The molecule has 3 N–H and O–H groups in total. The van der Waals surface area contributed by atoms with Gasteiger partial charge < -0.3 is 16.0 Å². The van der Waals surface area contributed by atoms with E-state index in [1.165, 1.54) is 6.42 Å². The zero-order valence-corrected chi connectivity index (χ0v) is 12.6. The summed E-state index contributed by atoms with van der Waals surface area (Å²) in [6.45, 7) is 9.34. The fraction of sp³-hybridized carbons (Fsp3) is 0.562. The highest BCUT2D eigenvalue weighted by molar-refractivity contribution is 5.94. The average Bonchev–Trinajstić information content (AvgIpc) is 2.88. The van der Waals surface area contributed by atoms with Crippen molar-refractivity contribution >= 4 is 11.6 Å². The van der Waals surface area contributed by atoms with Crippen LogP contribution in [0.15, 0.2) is 18.2 Å². The van der Waals surface area contributed by atoms with E-state index in [-0.39, 0.29) is 5.91 Å². The highest BCUT2D eigenvalue weighted by Gasteiger charge is 2.24. The lowest BCUT2D eigenvalue weighted by Crippen LogP contribution is -2.33. The minimum Gasteiger partial charge on any atom is -0.399 e. The van der Waals surface area contributed by atoms with Gasteiger partial charge in [-0.3, -0.25) is 4.79 Å². The monoisotopic (exact) mass is 275 g/mol. The number of likely N-dealkylation sites (tertiary alicyclic amines) is 1. The van der Waals surface area contributed by atoms with Crippen molar-refractivity contribution in [3.63, 3.8) is 0 Å². The molecule has 0 spiro atoms. The van der Waals surface area contributed by atoms with E-state index < -0.39 is 0 Å². The molecule has 1 atom stereocenters. The standard InChI is InChI=1S/C16H25N3O/c1-11(2)19-7-6-13(10-19)9-18-16(20)14-4-5-15(17)12(3)8-14/h4-5,8,11,13H,6-7,9-10,17H2,1-3H3,(H,18,20). The number of amides is 1. The Morgan fingerprint density at radius 3 is 2.85 bits per heavy atom. The predicted octanol–water partition coefficient (Wildman–Crippen LogP) is 2.04. The molecule has 4 nitrogen and oxygen atoms in total. The molecule has 1 saturated heterocycles. The van der Waals surface area contributed by atoms with Crippen molar-refractivity contribution in [3.8, 4) is 0 Å². The Hall–Kier alpha value is -1.55. The molecule has 1 aliphatic rings. The van der Waals surface area contributed by atoms with Crippen LogP contribution in [0.25, 0.3) is 0 Å². The Bertz CT molecular complexity index is 485. The Morgan fingerprint density at radius 2 is 2.25 bits per heavy atom. The number of hydrogen-bond donors (Lipinski definition) is 2. The summed E-state index contributed by atoms with van der Waals surface area (Å²) in [5.74, 6) is 0.562. The molecule has 1 aromatic carbocycles. The van der Waals surface area contributed by atoms with Crippen molar-refractivity contribution in [1.82, 2.24) is 10.2 Å². The molecule has 20 heavy (non-hydrogen) atoms. The third-order valence-electron chi connectivity index (χ3n) is 4.13. The van der Waals surface area contributed by atoms with E-state index in [0.717, 1.165) is 30.9 Å². The van der Waals surface area contributed by atoms with Crippen molar-refractivity contribution in [3.05, 3.63) is 29.3 Å². The van der Waals surface area contributed by atoms with Gasteiger partial charge in [-0.2, -0.15) is 0 Å². The SMILES string of the molecule is Cc1cc(C(=O)NCC2CCN(C(C)C)C2)ccc1N. The lowest BCUT2D eigenvalue weighted by molar-refractivity contribution is 0.0947.